The maximum atomic E-state index is 15.4. The van der Waals surface area contributed by atoms with Crippen LogP contribution in [0.1, 0.15) is 23.4 Å². The van der Waals surface area contributed by atoms with Gasteiger partial charge in [0.15, 0.2) is 0 Å². The van der Waals surface area contributed by atoms with Gasteiger partial charge >= 0.3 is 0 Å². The van der Waals surface area contributed by atoms with Crippen LogP contribution >= 0.6 is 0 Å². The molecule has 0 spiro atoms. The summed E-state index contributed by atoms with van der Waals surface area (Å²) in [6.45, 7) is 1.71. The number of benzene rings is 2. The number of aromatic nitrogens is 1. The summed E-state index contributed by atoms with van der Waals surface area (Å²) >= 11 is 0. The second-order valence-corrected chi connectivity index (χ2v) is 8.79. The number of halogens is 1. The van der Waals surface area contributed by atoms with Crippen LogP contribution in [0.5, 0.6) is 0 Å². The van der Waals surface area contributed by atoms with E-state index < -0.39 is 15.8 Å². The van der Waals surface area contributed by atoms with E-state index in [1.54, 1.807) is 35.9 Å². The van der Waals surface area contributed by atoms with Crippen molar-refractivity contribution in [2.75, 3.05) is 0 Å². The van der Waals surface area contributed by atoms with Gasteiger partial charge in [-0.05, 0) is 36.6 Å². The Morgan fingerprint density at radius 2 is 1.81 bits per heavy atom. The van der Waals surface area contributed by atoms with Crippen molar-refractivity contribution in [2.24, 2.45) is 7.05 Å². The standard InChI is InChI=1S/C17H17FNO.C7H8O3S/c1-19-14(12-20)11-13-7-3-4-8-15(13)16(19)17(18)9-5-2-6-10-17;1-6-2-4-7(5-3-6)11(8,9)10/h2-9,11,20H,10,12H2,1H3;2-5H,1H3,(H,8,9,10)/q+1;/p-1. The van der Waals surface area contributed by atoms with Gasteiger partial charge in [-0.15, -0.1) is 0 Å². The van der Waals surface area contributed by atoms with Crippen LogP contribution in [-0.4, -0.2) is 18.1 Å². The highest BCUT2D eigenvalue weighted by atomic mass is 32.2. The zero-order chi connectivity index (χ0) is 22.6. The van der Waals surface area contributed by atoms with Crippen LogP contribution in [-0.2, 0) is 29.4 Å². The van der Waals surface area contributed by atoms with Crippen LogP contribution in [0.3, 0.4) is 0 Å². The number of aryl methyl sites for hydroxylation is 1. The first-order valence-corrected chi connectivity index (χ1v) is 11.1. The fourth-order valence-electron chi connectivity index (χ4n) is 3.57. The van der Waals surface area contributed by atoms with E-state index in [0.717, 1.165) is 16.3 Å². The molecule has 0 aliphatic heterocycles. The molecular weight excluding hydrogens is 417 g/mol. The molecule has 1 N–H and O–H groups in total. The minimum Gasteiger partial charge on any atom is -0.744 e. The van der Waals surface area contributed by atoms with Crippen LogP contribution in [0.25, 0.3) is 10.8 Å². The second kappa shape index (κ2) is 9.09. The zero-order valence-corrected chi connectivity index (χ0v) is 18.1. The fraction of sp³-hybridized carbons (Fsp3) is 0.208. The Kier molecular flexibility index (Phi) is 6.69. The van der Waals surface area contributed by atoms with Crippen LogP contribution < -0.4 is 4.57 Å². The van der Waals surface area contributed by atoms with E-state index in [1.807, 2.05) is 49.4 Å². The number of alkyl halides is 1. The molecule has 1 atom stereocenters. The fourth-order valence-corrected chi connectivity index (χ4v) is 4.04. The maximum absolute atomic E-state index is 15.4. The average Bonchev–Trinajstić information content (AvgIpc) is 2.73. The number of aliphatic hydroxyl groups is 1. The third-order valence-electron chi connectivity index (χ3n) is 5.19. The topological polar surface area (TPSA) is 81.3 Å². The molecule has 3 aromatic rings. The number of hydrogen-bond acceptors (Lipinski definition) is 4. The third kappa shape index (κ3) is 5.07. The maximum Gasteiger partial charge on any atom is 0.231 e. The molecule has 1 unspecified atom stereocenters. The summed E-state index contributed by atoms with van der Waals surface area (Å²) in [5.41, 5.74) is 0.699. The summed E-state index contributed by atoms with van der Waals surface area (Å²) in [5.74, 6) is 0. The summed E-state index contributed by atoms with van der Waals surface area (Å²) in [4.78, 5) is -0.178. The highest BCUT2D eigenvalue weighted by molar-refractivity contribution is 7.85. The van der Waals surface area contributed by atoms with Crippen molar-refractivity contribution in [2.45, 2.75) is 30.5 Å². The summed E-state index contributed by atoms with van der Waals surface area (Å²) in [6, 6.07) is 15.4. The number of fused-ring (bicyclic) bond motifs is 1. The smallest absolute Gasteiger partial charge is 0.231 e. The second-order valence-electron chi connectivity index (χ2n) is 7.41. The van der Waals surface area contributed by atoms with Gasteiger partial charge < -0.3 is 9.66 Å². The summed E-state index contributed by atoms with van der Waals surface area (Å²) in [5, 5.41) is 11.3. The van der Waals surface area contributed by atoms with Crippen LogP contribution in [0.15, 0.2) is 83.8 Å². The lowest BCUT2D eigenvalue weighted by molar-refractivity contribution is -0.691. The van der Waals surface area contributed by atoms with E-state index in [9.17, 15) is 18.1 Å². The molecule has 31 heavy (non-hydrogen) atoms. The molecule has 0 bridgehead atoms. The van der Waals surface area contributed by atoms with Crippen molar-refractivity contribution < 1.29 is 27.0 Å². The Bertz CT molecular complexity index is 1250. The number of allylic oxidation sites excluding steroid dienone is 4. The molecule has 0 saturated heterocycles. The number of hydrogen-bond donors (Lipinski definition) is 1. The van der Waals surface area contributed by atoms with Crippen LogP contribution in [0.4, 0.5) is 4.39 Å². The predicted octanol–water partition coefficient (Wildman–Crippen LogP) is 3.74. The molecule has 1 aliphatic rings. The minimum absolute atomic E-state index is 0.107. The van der Waals surface area contributed by atoms with E-state index >= 15 is 4.39 Å². The Labute approximate surface area is 181 Å². The first-order chi connectivity index (χ1) is 14.7. The van der Waals surface area contributed by atoms with Gasteiger partial charge in [0.1, 0.15) is 23.8 Å². The molecule has 0 saturated carbocycles. The molecule has 7 heteroatoms. The monoisotopic (exact) mass is 441 g/mol. The highest BCUT2D eigenvalue weighted by Crippen LogP contribution is 2.36. The van der Waals surface area contributed by atoms with Crippen molar-refractivity contribution >= 4 is 20.9 Å². The molecule has 0 fully saturated rings. The normalized spacial score (nSPS) is 18.0. The number of pyridine rings is 1. The lowest BCUT2D eigenvalue weighted by atomic mass is 9.89. The minimum atomic E-state index is -4.27. The van der Waals surface area contributed by atoms with Crippen LogP contribution in [0.2, 0.25) is 0 Å². The quantitative estimate of drug-likeness (QED) is 0.496. The SMILES string of the molecule is C[n+]1c(CO)cc2ccccc2c1C1(F)C=CC=CC1.Cc1ccc(S(=O)(=O)[O-])cc1. The third-order valence-corrected chi connectivity index (χ3v) is 6.04. The van der Waals surface area contributed by atoms with Crippen molar-refractivity contribution in [3.8, 4) is 0 Å². The number of nitrogens with zero attached hydrogens (tertiary/aromatic N) is 1. The summed E-state index contributed by atoms with van der Waals surface area (Å²) in [7, 11) is -2.46. The highest BCUT2D eigenvalue weighted by Gasteiger charge is 2.39. The number of rotatable bonds is 3. The van der Waals surface area contributed by atoms with E-state index in [4.69, 9.17) is 0 Å². The Morgan fingerprint density at radius 3 is 2.39 bits per heavy atom. The van der Waals surface area contributed by atoms with Gasteiger partial charge in [-0.1, -0.05) is 54.1 Å². The van der Waals surface area contributed by atoms with E-state index in [0.29, 0.717) is 17.8 Å². The predicted molar refractivity (Wildman–Crippen MR) is 116 cm³/mol. The van der Waals surface area contributed by atoms with Crippen molar-refractivity contribution in [3.63, 3.8) is 0 Å². The lowest BCUT2D eigenvalue weighted by Crippen LogP contribution is -2.44. The molecule has 5 nitrogen and oxygen atoms in total. The van der Waals surface area contributed by atoms with Gasteiger partial charge in [0.2, 0.25) is 17.1 Å². The number of aliphatic hydroxyl groups excluding tert-OH is 1. The summed E-state index contributed by atoms with van der Waals surface area (Å²) < 4.78 is 48.3. The lowest BCUT2D eigenvalue weighted by Gasteiger charge is -2.22. The van der Waals surface area contributed by atoms with Crippen LogP contribution in [0, 0.1) is 6.92 Å². The largest absolute Gasteiger partial charge is 0.744 e. The summed E-state index contributed by atoms with van der Waals surface area (Å²) in [6.07, 6.45) is 7.34. The first kappa shape index (κ1) is 22.8. The van der Waals surface area contributed by atoms with Crippen molar-refractivity contribution in [3.05, 3.63) is 95.9 Å². The molecule has 2 aromatic carbocycles. The zero-order valence-electron chi connectivity index (χ0n) is 17.3. The molecule has 1 aromatic heterocycles. The van der Waals surface area contributed by atoms with Gasteiger partial charge in [0.25, 0.3) is 0 Å². The molecular formula is C24H24FNO4S. The van der Waals surface area contributed by atoms with Gasteiger partial charge in [-0.25, -0.2) is 12.8 Å². The Balaban J connectivity index is 0.000000210. The van der Waals surface area contributed by atoms with Gasteiger partial charge in [0, 0.05) is 12.5 Å². The van der Waals surface area contributed by atoms with Gasteiger partial charge in [-0.2, -0.15) is 4.57 Å². The Morgan fingerprint density at radius 1 is 1.13 bits per heavy atom. The first-order valence-electron chi connectivity index (χ1n) is 9.73. The van der Waals surface area contributed by atoms with Crippen molar-refractivity contribution in [1.82, 2.24) is 0 Å². The Hall–Kier alpha value is -2.87. The van der Waals surface area contributed by atoms with Crippen molar-refractivity contribution in [1.29, 1.82) is 0 Å². The molecule has 1 aliphatic carbocycles. The molecule has 1 heterocycles. The van der Waals surface area contributed by atoms with Gasteiger partial charge in [0.05, 0.1) is 10.3 Å². The van der Waals surface area contributed by atoms with Gasteiger partial charge in [-0.3, -0.25) is 0 Å². The molecule has 162 valence electrons. The van der Waals surface area contributed by atoms with E-state index in [1.165, 1.54) is 12.1 Å². The molecule has 4 rings (SSSR count). The average molecular weight is 442 g/mol. The molecule has 0 radical (unpaired) electrons. The molecule has 0 amide bonds. The van der Waals surface area contributed by atoms with E-state index in [2.05, 4.69) is 0 Å². The van der Waals surface area contributed by atoms with E-state index in [-0.39, 0.29) is 11.5 Å².